The lowest BCUT2D eigenvalue weighted by Crippen LogP contribution is -2.47. The van der Waals surface area contributed by atoms with Crippen LogP contribution in [0.4, 0.5) is 0 Å². The van der Waals surface area contributed by atoms with E-state index in [0.29, 0.717) is 23.4 Å². The fourth-order valence-electron chi connectivity index (χ4n) is 8.61. The van der Waals surface area contributed by atoms with Gasteiger partial charge in [0, 0.05) is 6.61 Å². The number of fused-ring (bicyclic) bond motifs is 5. The summed E-state index contributed by atoms with van der Waals surface area (Å²) < 4.78 is 0. The van der Waals surface area contributed by atoms with E-state index in [0.717, 1.165) is 29.6 Å². The summed E-state index contributed by atoms with van der Waals surface area (Å²) in [7, 11) is 0. The van der Waals surface area contributed by atoms with Crippen LogP contribution in [0, 0.1) is 46.3 Å². The van der Waals surface area contributed by atoms with Crippen LogP contribution >= 0.6 is 0 Å². The highest BCUT2D eigenvalue weighted by Gasteiger charge is 2.57. The number of aliphatic hydroxyl groups excluding tert-OH is 1. The van der Waals surface area contributed by atoms with Crippen molar-refractivity contribution in [1.82, 2.24) is 0 Å². The third kappa shape index (κ3) is 3.42. The molecule has 0 saturated heterocycles. The van der Waals surface area contributed by atoms with Crippen LogP contribution in [0.15, 0.2) is 11.6 Å². The summed E-state index contributed by atoms with van der Waals surface area (Å²) in [6.07, 6.45) is 19.8. The molecule has 8 atom stereocenters. The van der Waals surface area contributed by atoms with Gasteiger partial charge in [0.25, 0.3) is 0 Å². The Bertz CT molecular complexity index is 579. The Labute approximate surface area is 174 Å². The molecular weight excluding hydrogens is 340 g/mol. The number of allylic oxidation sites excluding steroid dienone is 2. The second kappa shape index (κ2) is 8.09. The molecule has 4 aliphatic carbocycles. The third-order valence-corrected chi connectivity index (χ3v) is 10.4. The van der Waals surface area contributed by atoms with Gasteiger partial charge in [-0.25, -0.2) is 0 Å². The fraction of sp³-hybridized carbons (Fsp3) is 0.926. The van der Waals surface area contributed by atoms with Gasteiger partial charge in [0.15, 0.2) is 0 Å². The molecule has 160 valence electrons. The molecule has 1 nitrogen and oxygen atoms in total. The zero-order chi connectivity index (χ0) is 19.9. The maximum atomic E-state index is 9.31. The van der Waals surface area contributed by atoms with Crippen molar-refractivity contribution >= 4 is 0 Å². The van der Waals surface area contributed by atoms with Crippen LogP contribution in [-0.4, -0.2) is 11.7 Å². The van der Waals surface area contributed by atoms with Crippen LogP contribution < -0.4 is 0 Å². The highest BCUT2D eigenvalue weighted by atomic mass is 16.3. The first-order valence-corrected chi connectivity index (χ1v) is 12.7. The smallest absolute Gasteiger partial charge is 0.0456 e. The molecule has 0 heterocycles. The van der Waals surface area contributed by atoms with Crippen LogP contribution in [0.1, 0.15) is 105 Å². The van der Waals surface area contributed by atoms with E-state index in [1.54, 1.807) is 0 Å². The lowest BCUT2D eigenvalue weighted by molar-refractivity contribution is 0.0194. The predicted molar refractivity (Wildman–Crippen MR) is 119 cm³/mol. The van der Waals surface area contributed by atoms with E-state index in [1.165, 1.54) is 77.0 Å². The summed E-state index contributed by atoms with van der Waals surface area (Å²) in [5, 5.41) is 9.31. The second-order valence-electron chi connectivity index (χ2n) is 11.9. The zero-order valence-corrected chi connectivity index (χ0v) is 19.2. The highest BCUT2D eigenvalue weighted by Crippen LogP contribution is 2.66. The minimum atomic E-state index is 0.354. The molecule has 0 amide bonds. The molecule has 2 unspecified atom stereocenters. The summed E-state index contributed by atoms with van der Waals surface area (Å²) >= 11 is 0. The van der Waals surface area contributed by atoms with Gasteiger partial charge in [-0.3, -0.25) is 0 Å². The van der Waals surface area contributed by atoms with Crippen molar-refractivity contribution in [2.45, 2.75) is 105 Å². The fourth-order valence-corrected chi connectivity index (χ4v) is 8.61. The molecule has 1 heteroatoms. The number of aliphatic hydroxyl groups is 1. The monoisotopic (exact) mass is 386 g/mol. The van der Waals surface area contributed by atoms with Gasteiger partial charge in [-0.2, -0.15) is 0 Å². The van der Waals surface area contributed by atoms with Gasteiger partial charge in [-0.15, -0.1) is 0 Å². The van der Waals surface area contributed by atoms with E-state index in [-0.39, 0.29) is 0 Å². The van der Waals surface area contributed by atoms with Crippen LogP contribution in [0.5, 0.6) is 0 Å². The maximum Gasteiger partial charge on any atom is 0.0456 e. The van der Waals surface area contributed by atoms with Gasteiger partial charge in [0.2, 0.25) is 0 Å². The van der Waals surface area contributed by atoms with Crippen molar-refractivity contribution in [3.63, 3.8) is 0 Å². The first-order valence-electron chi connectivity index (χ1n) is 12.7. The van der Waals surface area contributed by atoms with E-state index in [1.807, 2.05) is 5.57 Å². The van der Waals surface area contributed by atoms with Crippen LogP contribution in [0.25, 0.3) is 0 Å². The van der Waals surface area contributed by atoms with Crippen molar-refractivity contribution < 1.29 is 5.11 Å². The minimum absolute atomic E-state index is 0.354. The lowest BCUT2D eigenvalue weighted by Gasteiger charge is -2.56. The minimum Gasteiger partial charge on any atom is -0.396 e. The predicted octanol–water partition coefficient (Wildman–Crippen LogP) is 7.39. The number of hydrogen-bond acceptors (Lipinski definition) is 1. The van der Waals surface area contributed by atoms with Crippen LogP contribution in [0.2, 0.25) is 0 Å². The average molecular weight is 387 g/mol. The molecule has 0 aliphatic heterocycles. The molecule has 0 radical (unpaired) electrons. The first kappa shape index (κ1) is 21.0. The van der Waals surface area contributed by atoms with Gasteiger partial charge in [0.1, 0.15) is 0 Å². The molecule has 1 N–H and O–H groups in total. The van der Waals surface area contributed by atoms with Gasteiger partial charge in [-0.1, -0.05) is 65.0 Å². The van der Waals surface area contributed by atoms with E-state index in [4.69, 9.17) is 0 Å². The molecule has 4 aliphatic rings. The van der Waals surface area contributed by atoms with Gasteiger partial charge >= 0.3 is 0 Å². The van der Waals surface area contributed by atoms with Crippen molar-refractivity contribution in [2.75, 3.05) is 6.61 Å². The lowest BCUT2D eigenvalue weighted by atomic mass is 9.48. The third-order valence-electron chi connectivity index (χ3n) is 10.4. The Balaban J connectivity index is 1.48. The normalized spacial score (nSPS) is 44.8. The summed E-state index contributed by atoms with van der Waals surface area (Å²) in [4.78, 5) is 0. The molecule has 3 saturated carbocycles. The molecule has 3 fully saturated rings. The SMILES string of the molecule is CC(CO)CCC[C@@H](C)[C@H]1CC[C@H]2[C@@H]3CCC4CCCC[C@]4(C)C3=CC[C@]12C. The summed E-state index contributed by atoms with van der Waals surface area (Å²) in [5.74, 6) is 5.08. The quantitative estimate of drug-likeness (QED) is 0.472. The Kier molecular flexibility index (Phi) is 6.05. The summed E-state index contributed by atoms with van der Waals surface area (Å²) in [6, 6.07) is 0. The van der Waals surface area contributed by atoms with Crippen LogP contribution in [-0.2, 0) is 0 Å². The molecule has 0 aromatic rings. The first-order chi connectivity index (χ1) is 13.4. The number of rotatable bonds is 6. The van der Waals surface area contributed by atoms with E-state index in [2.05, 4.69) is 33.8 Å². The van der Waals surface area contributed by atoms with E-state index in [9.17, 15) is 5.11 Å². The molecule has 0 spiro atoms. The largest absolute Gasteiger partial charge is 0.396 e. The Morgan fingerprint density at radius 3 is 2.64 bits per heavy atom. The standard InChI is InChI=1S/C27H46O/c1-19(18-28)8-7-9-20(2)23-13-14-24-22-12-11-21-10-5-6-16-26(21,3)25(22)15-17-27(23,24)4/h15,19-24,28H,5-14,16-18H2,1-4H3/t19?,20-,21?,22+,23-,24+,26+,27-/m1/s1. The number of hydrogen-bond donors (Lipinski definition) is 1. The Hall–Kier alpha value is -0.300. The van der Waals surface area contributed by atoms with Crippen LogP contribution in [0.3, 0.4) is 0 Å². The van der Waals surface area contributed by atoms with E-state index < -0.39 is 0 Å². The van der Waals surface area contributed by atoms with Gasteiger partial charge < -0.3 is 5.11 Å². The van der Waals surface area contributed by atoms with Crippen molar-refractivity contribution in [3.8, 4) is 0 Å². The van der Waals surface area contributed by atoms with Crippen molar-refractivity contribution in [2.24, 2.45) is 46.3 Å². The topological polar surface area (TPSA) is 20.2 Å². The zero-order valence-electron chi connectivity index (χ0n) is 19.2. The summed E-state index contributed by atoms with van der Waals surface area (Å²) in [5.41, 5.74) is 3.02. The summed E-state index contributed by atoms with van der Waals surface area (Å²) in [6.45, 7) is 10.4. The second-order valence-corrected chi connectivity index (χ2v) is 11.9. The highest BCUT2D eigenvalue weighted by molar-refractivity contribution is 5.28. The van der Waals surface area contributed by atoms with Crippen molar-refractivity contribution in [3.05, 3.63) is 11.6 Å². The Morgan fingerprint density at radius 1 is 1.04 bits per heavy atom. The van der Waals surface area contributed by atoms with Gasteiger partial charge in [0.05, 0.1) is 0 Å². The molecular formula is C27H46O. The molecule has 0 bridgehead atoms. The molecule has 0 aromatic carbocycles. The maximum absolute atomic E-state index is 9.31. The van der Waals surface area contributed by atoms with E-state index >= 15 is 0 Å². The Morgan fingerprint density at radius 2 is 1.86 bits per heavy atom. The molecule has 0 aromatic heterocycles. The molecule has 28 heavy (non-hydrogen) atoms. The molecule has 4 rings (SSSR count). The van der Waals surface area contributed by atoms with Gasteiger partial charge in [-0.05, 0) is 97.7 Å². The van der Waals surface area contributed by atoms with Crippen molar-refractivity contribution in [1.29, 1.82) is 0 Å². The average Bonchev–Trinajstić information content (AvgIpc) is 3.04.